The van der Waals surface area contributed by atoms with Crippen LogP contribution >= 0.6 is 0 Å². The van der Waals surface area contributed by atoms with E-state index in [2.05, 4.69) is 5.32 Å². The number of nitrogens with one attached hydrogen (secondary N) is 2. The van der Waals surface area contributed by atoms with Crippen molar-refractivity contribution in [1.82, 2.24) is 10.0 Å². The molecule has 2 amide bonds. The summed E-state index contributed by atoms with van der Waals surface area (Å²) in [5.41, 5.74) is 2.08. The molecule has 0 aliphatic heterocycles. The van der Waals surface area contributed by atoms with Crippen LogP contribution in [0.3, 0.4) is 0 Å². The number of rotatable bonds is 13. The van der Waals surface area contributed by atoms with Crippen molar-refractivity contribution < 1.29 is 35.9 Å². The Balaban J connectivity index is 1.56. The van der Waals surface area contributed by atoms with E-state index in [-0.39, 0.29) is 30.9 Å². The van der Waals surface area contributed by atoms with Gasteiger partial charge in [0.2, 0.25) is 5.91 Å². The van der Waals surface area contributed by atoms with E-state index in [0.29, 0.717) is 35.4 Å². The second kappa shape index (κ2) is 14.9. The fourth-order valence-corrected chi connectivity index (χ4v) is 5.80. The number of ether oxygens (including phenoxy) is 1. The third-order valence-corrected chi connectivity index (χ3v) is 8.29. The molecule has 0 aromatic heterocycles. The van der Waals surface area contributed by atoms with Crippen LogP contribution < -0.4 is 14.8 Å². The molecule has 0 heterocycles. The molecule has 0 aliphatic rings. The average Bonchev–Trinajstić information content (AvgIpc) is 3.00. The van der Waals surface area contributed by atoms with E-state index in [0.717, 1.165) is 11.6 Å². The number of hydrogen-bond acceptors (Lipinski definition) is 5. The Hall–Kier alpha value is -4.64. The summed E-state index contributed by atoms with van der Waals surface area (Å²) in [5.74, 6) is -3.18. The van der Waals surface area contributed by atoms with Gasteiger partial charge in [0, 0.05) is 12.0 Å². The summed E-state index contributed by atoms with van der Waals surface area (Å²) in [4.78, 5) is 25.4. The van der Waals surface area contributed by atoms with Gasteiger partial charge in [-0.1, -0.05) is 56.3 Å². The molecule has 0 aliphatic carbocycles. The van der Waals surface area contributed by atoms with E-state index in [1.807, 2.05) is 32.0 Å². The summed E-state index contributed by atoms with van der Waals surface area (Å²) in [5, 5.41) is 3.02. The molecule has 45 heavy (non-hydrogen) atoms. The van der Waals surface area contributed by atoms with Crippen molar-refractivity contribution in [3.63, 3.8) is 0 Å². The molecule has 0 saturated heterocycles. The van der Waals surface area contributed by atoms with E-state index in [4.69, 9.17) is 4.74 Å². The van der Waals surface area contributed by atoms with Crippen LogP contribution in [0.15, 0.2) is 95.9 Å². The molecule has 2 N–H and O–H groups in total. The van der Waals surface area contributed by atoms with Crippen LogP contribution in [0.4, 0.5) is 13.2 Å². The molecule has 0 bridgehead atoms. The zero-order chi connectivity index (χ0) is 32.6. The van der Waals surface area contributed by atoms with Crippen molar-refractivity contribution in [2.75, 3.05) is 0 Å². The maximum atomic E-state index is 14.1. The van der Waals surface area contributed by atoms with Gasteiger partial charge in [0.1, 0.15) is 34.7 Å². The van der Waals surface area contributed by atoms with Crippen LogP contribution in [0.5, 0.6) is 5.75 Å². The normalized spacial score (nSPS) is 12.0. The van der Waals surface area contributed by atoms with Crippen LogP contribution in [0.25, 0.3) is 0 Å². The topological polar surface area (TPSA) is 102 Å². The lowest BCUT2D eigenvalue weighted by atomic mass is 9.95. The minimum Gasteiger partial charge on any atom is -0.489 e. The first kappa shape index (κ1) is 33.3. The molecule has 0 fully saturated rings. The Kier molecular flexibility index (Phi) is 11.0. The predicted molar refractivity (Wildman–Crippen MR) is 163 cm³/mol. The van der Waals surface area contributed by atoms with Gasteiger partial charge in [-0.2, -0.15) is 0 Å². The minimum atomic E-state index is -4.68. The number of aryl methyl sites for hydroxylation is 1. The van der Waals surface area contributed by atoms with E-state index in [9.17, 15) is 31.2 Å². The van der Waals surface area contributed by atoms with Crippen LogP contribution in [-0.4, -0.2) is 20.2 Å². The second-order valence-corrected chi connectivity index (χ2v) is 12.6. The molecule has 11 heteroatoms. The molecular weight excluding hydrogens is 605 g/mol. The largest absolute Gasteiger partial charge is 0.489 e. The molecule has 4 rings (SSSR count). The number of para-hydroxylation sites is 1. The van der Waals surface area contributed by atoms with E-state index >= 15 is 0 Å². The lowest BCUT2D eigenvalue weighted by molar-refractivity contribution is -0.119. The summed E-state index contributed by atoms with van der Waals surface area (Å²) in [6.45, 7) is 4.14. The van der Waals surface area contributed by atoms with Crippen LogP contribution in [0.1, 0.15) is 59.8 Å². The summed E-state index contributed by atoms with van der Waals surface area (Å²) >= 11 is 0. The van der Waals surface area contributed by atoms with Crippen LogP contribution in [-0.2, 0) is 27.8 Å². The maximum absolute atomic E-state index is 14.1. The van der Waals surface area contributed by atoms with Crippen molar-refractivity contribution >= 4 is 21.8 Å². The molecule has 0 spiro atoms. The summed E-state index contributed by atoms with van der Waals surface area (Å²) < 4.78 is 74.0. The van der Waals surface area contributed by atoms with Gasteiger partial charge in [0.05, 0.1) is 6.04 Å². The zero-order valence-electron chi connectivity index (χ0n) is 24.7. The molecule has 0 saturated carbocycles. The van der Waals surface area contributed by atoms with Crippen LogP contribution in [0.2, 0.25) is 0 Å². The van der Waals surface area contributed by atoms with Gasteiger partial charge in [-0.25, -0.2) is 26.3 Å². The number of hydrogen-bond donors (Lipinski definition) is 2. The van der Waals surface area contributed by atoms with Gasteiger partial charge < -0.3 is 10.1 Å². The highest BCUT2D eigenvalue weighted by Crippen LogP contribution is 2.24. The molecule has 7 nitrogen and oxygen atoms in total. The standard InChI is InChI=1S/C34H33F3N2O5S/c1-22(2)18-31(25-10-13-26(35)14-11-25)38-34(41)29-19-23(21-44-28-6-4-3-5-7-28)8-9-24(29)12-17-33(40)39-45(42,43)32-20-27(36)15-16-30(32)37/h3-11,13-16,19-20,22,31H,12,17-18,21H2,1-2H3,(H,38,41)(H,39,40). The Morgan fingerprint density at radius 1 is 0.844 bits per heavy atom. The lowest BCUT2D eigenvalue weighted by Gasteiger charge is -2.22. The zero-order valence-corrected chi connectivity index (χ0v) is 25.5. The number of sulfonamides is 1. The fourth-order valence-electron chi connectivity index (χ4n) is 4.69. The molecule has 1 atom stereocenters. The Morgan fingerprint density at radius 2 is 1.53 bits per heavy atom. The molecular formula is C34H33F3N2O5S. The molecule has 236 valence electrons. The summed E-state index contributed by atoms with van der Waals surface area (Å²) in [6, 6.07) is 21.5. The molecule has 0 radical (unpaired) electrons. The van der Waals surface area contributed by atoms with Gasteiger partial charge in [-0.15, -0.1) is 0 Å². The number of halogens is 3. The quantitative estimate of drug-likeness (QED) is 0.171. The predicted octanol–water partition coefficient (Wildman–Crippen LogP) is 6.64. The number of carbonyl (C=O) groups excluding carboxylic acids is 2. The van der Waals surface area contributed by atoms with Gasteiger partial charge in [0.15, 0.2) is 0 Å². The fraction of sp³-hybridized carbons (Fsp3) is 0.235. The van der Waals surface area contributed by atoms with E-state index in [1.54, 1.807) is 47.2 Å². The Morgan fingerprint density at radius 3 is 2.22 bits per heavy atom. The highest BCUT2D eigenvalue weighted by molar-refractivity contribution is 7.90. The third kappa shape index (κ3) is 9.42. The third-order valence-electron chi connectivity index (χ3n) is 6.90. The Labute approximate surface area is 260 Å². The highest BCUT2D eigenvalue weighted by atomic mass is 32.2. The molecule has 4 aromatic carbocycles. The average molecular weight is 639 g/mol. The monoisotopic (exact) mass is 638 g/mol. The van der Waals surface area contributed by atoms with Gasteiger partial charge in [-0.05, 0) is 84.0 Å². The van der Waals surface area contributed by atoms with E-state index < -0.39 is 50.2 Å². The summed E-state index contributed by atoms with van der Waals surface area (Å²) in [7, 11) is -4.68. The first-order valence-corrected chi connectivity index (χ1v) is 15.8. The van der Waals surface area contributed by atoms with Gasteiger partial charge >= 0.3 is 0 Å². The smallest absolute Gasteiger partial charge is 0.267 e. The van der Waals surface area contributed by atoms with Crippen molar-refractivity contribution in [3.8, 4) is 5.75 Å². The SMILES string of the molecule is CC(C)CC(NC(=O)c1cc(COc2ccccc2)ccc1CCC(=O)NS(=O)(=O)c1cc(F)ccc1F)c1ccc(F)cc1. The first-order chi connectivity index (χ1) is 21.4. The Bertz CT molecular complexity index is 1750. The number of benzene rings is 4. The minimum absolute atomic E-state index is 0.0407. The lowest BCUT2D eigenvalue weighted by Crippen LogP contribution is -2.32. The first-order valence-electron chi connectivity index (χ1n) is 14.3. The van der Waals surface area contributed by atoms with E-state index in [1.165, 1.54) is 12.1 Å². The summed E-state index contributed by atoms with van der Waals surface area (Å²) in [6.07, 6.45) is 0.158. The molecule has 1 unspecified atom stereocenters. The number of carbonyl (C=O) groups is 2. The van der Waals surface area contributed by atoms with Crippen molar-refractivity contribution in [2.45, 2.75) is 50.7 Å². The molecule has 4 aromatic rings. The highest BCUT2D eigenvalue weighted by Gasteiger charge is 2.24. The number of amides is 2. The second-order valence-electron chi connectivity index (χ2n) is 10.9. The van der Waals surface area contributed by atoms with Crippen LogP contribution in [0, 0.1) is 23.4 Å². The van der Waals surface area contributed by atoms with Crippen molar-refractivity contribution in [2.24, 2.45) is 5.92 Å². The van der Waals surface area contributed by atoms with Gasteiger partial charge in [0.25, 0.3) is 15.9 Å². The van der Waals surface area contributed by atoms with Gasteiger partial charge in [-0.3, -0.25) is 9.59 Å². The maximum Gasteiger partial charge on any atom is 0.267 e. The van der Waals surface area contributed by atoms with Crippen molar-refractivity contribution in [3.05, 3.63) is 131 Å². The van der Waals surface area contributed by atoms with Crippen molar-refractivity contribution in [1.29, 1.82) is 0 Å².